The lowest BCUT2D eigenvalue weighted by molar-refractivity contribution is -0.151. The molecular formula is C9H18O3. The van der Waals surface area contributed by atoms with Crippen molar-refractivity contribution in [3.8, 4) is 0 Å². The summed E-state index contributed by atoms with van der Waals surface area (Å²) in [6, 6.07) is 0. The van der Waals surface area contributed by atoms with Gasteiger partial charge in [-0.15, -0.1) is 0 Å². The minimum absolute atomic E-state index is 0.307. The van der Waals surface area contributed by atoms with Crippen molar-refractivity contribution in [1.82, 2.24) is 0 Å². The highest BCUT2D eigenvalue weighted by molar-refractivity contribution is 5.72. The Morgan fingerprint density at radius 3 is 2.50 bits per heavy atom. The fourth-order valence-corrected chi connectivity index (χ4v) is 0.977. The van der Waals surface area contributed by atoms with Crippen LogP contribution in [0.3, 0.4) is 0 Å². The first-order chi connectivity index (χ1) is 5.63. The topological polar surface area (TPSA) is 46.5 Å². The lowest BCUT2D eigenvalue weighted by Gasteiger charge is -2.16. The molecule has 0 aliphatic carbocycles. The first-order valence-corrected chi connectivity index (χ1v) is 4.48. The molecule has 0 aliphatic heterocycles. The lowest BCUT2D eigenvalue weighted by Crippen LogP contribution is -2.27. The van der Waals surface area contributed by atoms with Gasteiger partial charge in [0, 0.05) is 0 Å². The van der Waals surface area contributed by atoms with E-state index in [1.165, 1.54) is 0 Å². The Balaban J connectivity index is 3.82. The number of hydrogen-bond acceptors (Lipinski definition) is 3. The monoisotopic (exact) mass is 174 g/mol. The Morgan fingerprint density at radius 2 is 2.08 bits per heavy atom. The summed E-state index contributed by atoms with van der Waals surface area (Å²) in [6.45, 7) is 5.80. The van der Waals surface area contributed by atoms with Crippen molar-refractivity contribution in [2.75, 3.05) is 6.61 Å². The van der Waals surface area contributed by atoms with E-state index in [9.17, 15) is 9.90 Å². The zero-order chi connectivity index (χ0) is 9.56. The molecule has 0 aliphatic rings. The molecule has 12 heavy (non-hydrogen) atoms. The number of hydrogen-bond donors (Lipinski definition) is 1. The van der Waals surface area contributed by atoms with Crippen molar-refractivity contribution in [2.45, 2.75) is 39.7 Å². The first-order valence-electron chi connectivity index (χ1n) is 4.48. The van der Waals surface area contributed by atoms with Crippen LogP contribution in [0.15, 0.2) is 0 Å². The summed E-state index contributed by atoms with van der Waals surface area (Å²) in [6.07, 6.45) is 0.972. The first kappa shape index (κ1) is 11.4. The zero-order valence-corrected chi connectivity index (χ0v) is 8.04. The average molecular weight is 174 g/mol. The number of rotatable bonds is 5. The number of carbonyl (C=O) groups is 1. The molecule has 0 bridgehead atoms. The van der Waals surface area contributed by atoms with Gasteiger partial charge in [-0.05, 0) is 20.3 Å². The fourth-order valence-electron chi connectivity index (χ4n) is 0.977. The van der Waals surface area contributed by atoms with Gasteiger partial charge in [0.05, 0.1) is 18.6 Å². The van der Waals surface area contributed by atoms with Gasteiger partial charge in [-0.1, -0.05) is 13.3 Å². The average Bonchev–Trinajstić information content (AvgIpc) is 2.04. The highest BCUT2D eigenvalue weighted by Gasteiger charge is 2.21. The molecule has 3 heteroatoms. The van der Waals surface area contributed by atoms with E-state index >= 15 is 0 Å². The van der Waals surface area contributed by atoms with Crippen molar-refractivity contribution >= 4 is 5.97 Å². The molecule has 3 nitrogen and oxygen atoms in total. The minimum Gasteiger partial charge on any atom is -0.466 e. The summed E-state index contributed by atoms with van der Waals surface area (Å²) in [5.41, 5.74) is 0. The summed E-state index contributed by atoms with van der Waals surface area (Å²) in [4.78, 5) is 11.1. The van der Waals surface area contributed by atoms with E-state index in [1.54, 1.807) is 13.8 Å². The normalized spacial score (nSPS) is 15.3. The third-order valence-electron chi connectivity index (χ3n) is 1.82. The molecular weight excluding hydrogens is 156 g/mol. The molecule has 0 heterocycles. The van der Waals surface area contributed by atoms with Gasteiger partial charge < -0.3 is 9.84 Å². The van der Waals surface area contributed by atoms with Gasteiger partial charge in [-0.2, -0.15) is 0 Å². The van der Waals surface area contributed by atoms with Gasteiger partial charge in [-0.3, -0.25) is 4.79 Å². The molecule has 0 radical (unpaired) electrons. The smallest absolute Gasteiger partial charge is 0.311 e. The van der Waals surface area contributed by atoms with Crippen LogP contribution in [0.2, 0.25) is 0 Å². The number of aliphatic hydroxyl groups excluding tert-OH is 1. The number of aliphatic hydroxyl groups is 1. The molecule has 0 aromatic heterocycles. The Kier molecular flexibility index (Phi) is 5.72. The van der Waals surface area contributed by atoms with Crippen LogP contribution in [0.4, 0.5) is 0 Å². The van der Waals surface area contributed by atoms with E-state index in [1.807, 2.05) is 6.92 Å². The van der Waals surface area contributed by atoms with Crippen LogP contribution < -0.4 is 0 Å². The van der Waals surface area contributed by atoms with Gasteiger partial charge in [0.2, 0.25) is 0 Å². The molecule has 0 fully saturated rings. The van der Waals surface area contributed by atoms with Crippen LogP contribution in [0.1, 0.15) is 33.6 Å². The molecule has 2 atom stereocenters. The number of ether oxygens (including phenoxy) is 1. The van der Waals surface area contributed by atoms with Crippen molar-refractivity contribution in [3.63, 3.8) is 0 Å². The molecule has 0 rings (SSSR count). The van der Waals surface area contributed by atoms with E-state index in [0.717, 1.165) is 6.42 Å². The van der Waals surface area contributed by atoms with Crippen molar-refractivity contribution in [2.24, 2.45) is 5.92 Å². The molecule has 0 saturated heterocycles. The van der Waals surface area contributed by atoms with E-state index in [4.69, 9.17) is 4.74 Å². The lowest BCUT2D eigenvalue weighted by atomic mass is 10.0. The van der Waals surface area contributed by atoms with Gasteiger partial charge in [-0.25, -0.2) is 0 Å². The summed E-state index contributed by atoms with van der Waals surface area (Å²) < 4.78 is 4.77. The van der Waals surface area contributed by atoms with Crippen molar-refractivity contribution in [3.05, 3.63) is 0 Å². The van der Waals surface area contributed by atoms with Crippen LogP contribution in [-0.2, 0) is 9.53 Å². The highest BCUT2D eigenvalue weighted by Crippen LogP contribution is 2.10. The van der Waals surface area contributed by atoms with E-state index in [0.29, 0.717) is 13.0 Å². The standard InChI is InChI=1S/C9H18O3/c1-4-6-8(10)7(3)9(11)12-5-2/h7-8,10H,4-6H2,1-3H3/t7-,8+/m0/s1. The van der Waals surface area contributed by atoms with Gasteiger partial charge >= 0.3 is 5.97 Å². The third-order valence-corrected chi connectivity index (χ3v) is 1.82. The summed E-state index contributed by atoms with van der Waals surface area (Å²) in [5, 5.41) is 9.41. The predicted molar refractivity (Wildman–Crippen MR) is 46.7 cm³/mol. The maximum absolute atomic E-state index is 11.1. The van der Waals surface area contributed by atoms with E-state index in [-0.39, 0.29) is 5.97 Å². The molecule has 0 amide bonds. The zero-order valence-electron chi connectivity index (χ0n) is 8.04. The van der Waals surface area contributed by atoms with Gasteiger partial charge in [0.25, 0.3) is 0 Å². The van der Waals surface area contributed by atoms with Crippen LogP contribution in [-0.4, -0.2) is 23.8 Å². The van der Waals surface area contributed by atoms with Crippen LogP contribution >= 0.6 is 0 Å². The molecule has 72 valence electrons. The molecule has 0 aromatic carbocycles. The molecule has 0 saturated carbocycles. The molecule has 0 unspecified atom stereocenters. The minimum atomic E-state index is -0.561. The Bertz CT molecular complexity index is 134. The molecule has 1 N–H and O–H groups in total. The van der Waals surface area contributed by atoms with Gasteiger partial charge in [0.1, 0.15) is 0 Å². The van der Waals surface area contributed by atoms with Crippen molar-refractivity contribution < 1.29 is 14.6 Å². The SMILES string of the molecule is CCC[C@@H](O)[C@H](C)C(=O)OCC. The summed E-state index contributed by atoms with van der Waals surface area (Å²) >= 11 is 0. The maximum atomic E-state index is 11.1. The second-order valence-corrected chi connectivity index (χ2v) is 2.90. The van der Waals surface area contributed by atoms with E-state index in [2.05, 4.69) is 0 Å². The number of esters is 1. The summed E-state index contributed by atoms with van der Waals surface area (Å²) in [5.74, 6) is -0.705. The fraction of sp³-hybridized carbons (Fsp3) is 0.889. The van der Waals surface area contributed by atoms with Crippen LogP contribution in [0.25, 0.3) is 0 Å². The van der Waals surface area contributed by atoms with Crippen molar-refractivity contribution in [1.29, 1.82) is 0 Å². The van der Waals surface area contributed by atoms with Crippen LogP contribution in [0.5, 0.6) is 0 Å². The van der Waals surface area contributed by atoms with Crippen LogP contribution in [0, 0.1) is 5.92 Å². The molecule has 0 spiro atoms. The second kappa shape index (κ2) is 6.00. The predicted octanol–water partition coefficient (Wildman–Crippen LogP) is 1.35. The third kappa shape index (κ3) is 3.72. The number of carbonyl (C=O) groups excluding carboxylic acids is 1. The molecule has 0 aromatic rings. The Hall–Kier alpha value is -0.570. The largest absolute Gasteiger partial charge is 0.466 e. The second-order valence-electron chi connectivity index (χ2n) is 2.90. The Morgan fingerprint density at radius 1 is 1.50 bits per heavy atom. The Labute approximate surface area is 73.7 Å². The highest BCUT2D eigenvalue weighted by atomic mass is 16.5. The quantitative estimate of drug-likeness (QED) is 0.640. The van der Waals surface area contributed by atoms with E-state index < -0.39 is 12.0 Å². The van der Waals surface area contributed by atoms with Gasteiger partial charge in [0.15, 0.2) is 0 Å². The maximum Gasteiger partial charge on any atom is 0.311 e. The summed E-state index contributed by atoms with van der Waals surface area (Å²) in [7, 11) is 0.